The molecule has 1 aliphatic carbocycles. The molecule has 0 radical (unpaired) electrons. The molecule has 2 aliphatic rings. The van der Waals surface area contributed by atoms with Crippen LogP contribution in [0.3, 0.4) is 0 Å². The number of allylic oxidation sites excluding steroid dienone is 1. The van der Waals surface area contributed by atoms with Crippen LogP contribution in [0.1, 0.15) is 78.1 Å². The number of aliphatic hydroxyl groups is 1. The van der Waals surface area contributed by atoms with Crippen LogP contribution in [-0.2, 0) is 9.59 Å². The zero-order valence-electron chi connectivity index (χ0n) is 16.2. The summed E-state index contributed by atoms with van der Waals surface area (Å²) >= 11 is 0. The number of hydrogen-bond acceptors (Lipinski definition) is 3. The van der Waals surface area contributed by atoms with Crippen LogP contribution in [0.4, 0.5) is 0 Å². The van der Waals surface area contributed by atoms with E-state index < -0.39 is 6.10 Å². The summed E-state index contributed by atoms with van der Waals surface area (Å²) in [7, 11) is 1.59. The molecule has 1 heterocycles. The van der Waals surface area contributed by atoms with Crippen molar-refractivity contribution < 1.29 is 14.7 Å². The highest BCUT2D eigenvalue weighted by atomic mass is 16.3. The molecule has 4 heteroatoms. The summed E-state index contributed by atoms with van der Waals surface area (Å²) in [4.78, 5) is 26.3. The average Bonchev–Trinajstić information content (AvgIpc) is 2.83. The molecule has 25 heavy (non-hydrogen) atoms. The lowest BCUT2D eigenvalue weighted by molar-refractivity contribution is -0.138. The Bertz CT molecular complexity index is 499. The van der Waals surface area contributed by atoms with Gasteiger partial charge >= 0.3 is 0 Å². The molecule has 0 spiro atoms. The number of imide groups is 1. The van der Waals surface area contributed by atoms with Gasteiger partial charge in [0.05, 0.1) is 17.9 Å². The van der Waals surface area contributed by atoms with Gasteiger partial charge in [0.25, 0.3) is 0 Å². The largest absolute Gasteiger partial charge is 0.392 e. The highest BCUT2D eigenvalue weighted by molar-refractivity contribution is 6.05. The van der Waals surface area contributed by atoms with Gasteiger partial charge in [-0.2, -0.15) is 0 Å². The summed E-state index contributed by atoms with van der Waals surface area (Å²) < 4.78 is 0. The van der Waals surface area contributed by atoms with Gasteiger partial charge < -0.3 is 5.11 Å². The molecule has 0 aromatic heterocycles. The number of nitrogens with zero attached hydrogens (tertiary/aromatic N) is 1. The maximum absolute atomic E-state index is 12.6. The minimum absolute atomic E-state index is 0.0556. The second-order valence-electron chi connectivity index (χ2n) is 7.85. The Labute approximate surface area is 152 Å². The molecule has 1 fully saturated rings. The van der Waals surface area contributed by atoms with Crippen molar-refractivity contribution in [1.29, 1.82) is 0 Å². The zero-order chi connectivity index (χ0) is 18.4. The van der Waals surface area contributed by atoms with Crippen molar-refractivity contribution in [3.05, 3.63) is 11.6 Å². The first kappa shape index (κ1) is 20.2. The fourth-order valence-corrected chi connectivity index (χ4v) is 4.39. The van der Waals surface area contributed by atoms with Gasteiger partial charge in [-0.3, -0.25) is 14.5 Å². The zero-order valence-corrected chi connectivity index (χ0v) is 16.2. The lowest BCUT2D eigenvalue weighted by Crippen LogP contribution is -2.37. The van der Waals surface area contributed by atoms with Crippen molar-refractivity contribution >= 4 is 11.8 Å². The maximum atomic E-state index is 12.6. The number of carbonyl (C=O) groups is 2. The van der Waals surface area contributed by atoms with Crippen LogP contribution in [0.15, 0.2) is 11.6 Å². The van der Waals surface area contributed by atoms with E-state index in [1.54, 1.807) is 7.05 Å². The first-order valence-electron chi connectivity index (χ1n) is 10.2. The molecule has 0 aromatic carbocycles. The van der Waals surface area contributed by atoms with Crippen molar-refractivity contribution in [2.75, 3.05) is 7.05 Å². The highest BCUT2D eigenvalue weighted by Crippen LogP contribution is 2.43. The third kappa shape index (κ3) is 4.72. The van der Waals surface area contributed by atoms with Crippen LogP contribution in [0.25, 0.3) is 0 Å². The first-order chi connectivity index (χ1) is 12.0. The van der Waals surface area contributed by atoms with E-state index in [9.17, 15) is 14.7 Å². The van der Waals surface area contributed by atoms with Crippen molar-refractivity contribution in [3.8, 4) is 0 Å². The number of likely N-dealkylation sites (tertiary alicyclic amines) is 1. The summed E-state index contributed by atoms with van der Waals surface area (Å²) in [6.07, 6.45) is 12.0. The molecule has 4 nitrogen and oxygen atoms in total. The number of carbonyl (C=O) groups excluding carboxylic acids is 2. The van der Waals surface area contributed by atoms with Crippen LogP contribution in [0.2, 0.25) is 0 Å². The van der Waals surface area contributed by atoms with Crippen molar-refractivity contribution in [1.82, 2.24) is 4.90 Å². The van der Waals surface area contributed by atoms with Gasteiger partial charge in [-0.05, 0) is 25.7 Å². The van der Waals surface area contributed by atoms with Crippen molar-refractivity contribution in [2.24, 2.45) is 17.8 Å². The summed E-state index contributed by atoms with van der Waals surface area (Å²) in [6, 6.07) is 0. The third-order valence-electron chi connectivity index (χ3n) is 5.92. The Morgan fingerprint density at radius 1 is 1.08 bits per heavy atom. The van der Waals surface area contributed by atoms with Gasteiger partial charge in [-0.15, -0.1) is 0 Å². The lowest BCUT2D eigenvalue weighted by Gasteiger charge is -2.33. The molecule has 1 saturated heterocycles. The van der Waals surface area contributed by atoms with E-state index >= 15 is 0 Å². The lowest BCUT2D eigenvalue weighted by atomic mass is 9.70. The van der Waals surface area contributed by atoms with E-state index in [0.717, 1.165) is 32.1 Å². The Hall–Kier alpha value is -1.16. The van der Waals surface area contributed by atoms with Crippen molar-refractivity contribution in [2.45, 2.75) is 84.2 Å². The summed E-state index contributed by atoms with van der Waals surface area (Å²) in [6.45, 7) is 4.34. The topological polar surface area (TPSA) is 57.6 Å². The predicted molar refractivity (Wildman–Crippen MR) is 99.9 cm³/mol. The van der Waals surface area contributed by atoms with Crippen LogP contribution in [0, 0.1) is 17.8 Å². The molecule has 0 unspecified atom stereocenters. The smallest absolute Gasteiger partial charge is 0.233 e. The molecule has 2 rings (SSSR count). The Morgan fingerprint density at radius 3 is 2.44 bits per heavy atom. The summed E-state index contributed by atoms with van der Waals surface area (Å²) in [5.74, 6) is -0.961. The molecule has 1 aliphatic heterocycles. The number of unbranched alkanes of at least 4 members (excludes halogenated alkanes) is 5. The molecule has 1 N–H and O–H groups in total. The van der Waals surface area contributed by atoms with Gasteiger partial charge in [0.1, 0.15) is 0 Å². The van der Waals surface area contributed by atoms with E-state index in [0.29, 0.717) is 12.8 Å². The van der Waals surface area contributed by atoms with Gasteiger partial charge in [-0.1, -0.05) is 64.0 Å². The van der Waals surface area contributed by atoms with Crippen LogP contribution in [0.5, 0.6) is 0 Å². The van der Waals surface area contributed by atoms with Crippen LogP contribution in [-0.4, -0.2) is 35.0 Å². The molecule has 0 aromatic rings. The van der Waals surface area contributed by atoms with Crippen LogP contribution >= 0.6 is 0 Å². The first-order valence-corrected chi connectivity index (χ1v) is 10.2. The van der Waals surface area contributed by atoms with E-state index in [2.05, 4.69) is 19.9 Å². The van der Waals surface area contributed by atoms with Gasteiger partial charge in [-0.25, -0.2) is 0 Å². The Morgan fingerprint density at radius 2 is 1.76 bits per heavy atom. The molecular weight excluding hydrogens is 314 g/mol. The van der Waals surface area contributed by atoms with Gasteiger partial charge in [0.15, 0.2) is 0 Å². The van der Waals surface area contributed by atoms with E-state index in [-0.39, 0.29) is 29.6 Å². The highest BCUT2D eigenvalue weighted by Gasteiger charge is 2.52. The number of aliphatic hydroxyl groups excluding tert-OH is 1. The molecule has 4 atom stereocenters. The Kier molecular flexibility index (Phi) is 7.67. The second-order valence-corrected chi connectivity index (χ2v) is 7.85. The molecule has 142 valence electrons. The fourth-order valence-electron chi connectivity index (χ4n) is 4.39. The van der Waals surface area contributed by atoms with E-state index in [4.69, 9.17) is 0 Å². The normalized spacial score (nSPS) is 27.4. The quantitative estimate of drug-likeness (QED) is 0.367. The number of amides is 2. The van der Waals surface area contributed by atoms with E-state index in [1.165, 1.54) is 29.7 Å². The number of rotatable bonds is 10. The third-order valence-corrected chi connectivity index (χ3v) is 5.92. The summed E-state index contributed by atoms with van der Waals surface area (Å²) in [5.41, 5.74) is 1.27. The van der Waals surface area contributed by atoms with E-state index in [1.807, 2.05) is 0 Å². The maximum Gasteiger partial charge on any atom is 0.233 e. The molecule has 0 bridgehead atoms. The average molecular weight is 350 g/mol. The van der Waals surface area contributed by atoms with Crippen molar-refractivity contribution in [3.63, 3.8) is 0 Å². The van der Waals surface area contributed by atoms with Gasteiger partial charge in [0, 0.05) is 13.0 Å². The molecule has 0 saturated carbocycles. The summed E-state index contributed by atoms with van der Waals surface area (Å²) in [5, 5.41) is 10.7. The number of hydrogen-bond donors (Lipinski definition) is 1. The second kappa shape index (κ2) is 9.51. The number of fused-ring (bicyclic) bond motifs is 1. The van der Waals surface area contributed by atoms with Gasteiger partial charge in [0.2, 0.25) is 11.8 Å². The standard InChI is InChI=1S/C21H35NO3/c1-4-6-8-10-11-15-13-16(18(23)12-9-7-5-2)19-17(14-15)20(24)22(3)21(19)25/h13,16-19,23H,4-12,14H2,1-3H3/t16-,17-,18+,19+/m1/s1. The van der Waals surface area contributed by atoms with Crippen LogP contribution < -0.4 is 0 Å². The minimum Gasteiger partial charge on any atom is -0.392 e. The predicted octanol–water partition coefficient (Wildman–Crippen LogP) is 4.08. The molecular formula is C21H35NO3. The molecule has 2 amide bonds. The fraction of sp³-hybridized carbons (Fsp3) is 0.810. The minimum atomic E-state index is -0.520. The SMILES string of the molecule is CCCCCCC1=C[C@H]([C@@H](O)CCCCC)[C@@H]2C(=O)N(C)C(=O)[C@@H]2C1. The Balaban J connectivity index is 2.11. The monoisotopic (exact) mass is 349 g/mol.